The summed E-state index contributed by atoms with van der Waals surface area (Å²) in [6, 6.07) is 6.86. The second kappa shape index (κ2) is 6.41. The van der Waals surface area contributed by atoms with Gasteiger partial charge in [-0.1, -0.05) is 23.7 Å². The minimum Gasteiger partial charge on any atom is -0.319 e. The van der Waals surface area contributed by atoms with E-state index in [1.54, 1.807) is 36.7 Å². The molecular weight excluding hydrogens is 326 g/mol. The van der Waals surface area contributed by atoms with Gasteiger partial charge in [-0.2, -0.15) is 0 Å². The zero-order chi connectivity index (χ0) is 17.3. The summed E-state index contributed by atoms with van der Waals surface area (Å²) in [7, 11) is 0. The highest BCUT2D eigenvalue weighted by Gasteiger charge is 2.13. The van der Waals surface area contributed by atoms with Crippen molar-refractivity contribution in [2.75, 3.05) is 5.32 Å². The van der Waals surface area contributed by atoms with E-state index in [9.17, 15) is 4.79 Å². The van der Waals surface area contributed by atoms with E-state index in [1.807, 2.05) is 25.3 Å². The van der Waals surface area contributed by atoms with Crippen LogP contribution in [0.15, 0.2) is 36.7 Å². The van der Waals surface area contributed by atoms with Gasteiger partial charge < -0.3 is 5.32 Å². The standard InChI is InChI=1S/C17H16ClN5O/c1-10-11(2)23(12(3)21-10)17-19-8-13(9-20-17)22-16(24)14-6-4-5-7-15(14)18/h4-9H,1-3H3,(H,22,24). The van der Waals surface area contributed by atoms with Gasteiger partial charge in [0.15, 0.2) is 0 Å². The number of aryl methyl sites for hydroxylation is 2. The normalized spacial score (nSPS) is 10.7. The molecule has 2 heterocycles. The number of hydrogen-bond acceptors (Lipinski definition) is 4. The van der Waals surface area contributed by atoms with Crippen LogP contribution in [0.25, 0.3) is 5.95 Å². The molecular formula is C17H16ClN5O. The minimum absolute atomic E-state index is 0.303. The molecule has 6 nitrogen and oxygen atoms in total. The Bertz CT molecular complexity index is 902. The summed E-state index contributed by atoms with van der Waals surface area (Å²) >= 11 is 6.03. The van der Waals surface area contributed by atoms with Crippen molar-refractivity contribution < 1.29 is 4.79 Å². The third-order valence-corrected chi connectivity index (χ3v) is 4.06. The Morgan fingerprint density at radius 2 is 1.79 bits per heavy atom. The number of imidazole rings is 1. The van der Waals surface area contributed by atoms with Gasteiger partial charge in [0, 0.05) is 5.69 Å². The molecule has 2 aromatic heterocycles. The van der Waals surface area contributed by atoms with Crippen molar-refractivity contribution in [3.63, 3.8) is 0 Å². The minimum atomic E-state index is -0.303. The Balaban J connectivity index is 1.83. The maximum atomic E-state index is 12.2. The molecule has 0 bridgehead atoms. The number of amides is 1. The van der Waals surface area contributed by atoms with E-state index in [1.165, 1.54) is 0 Å². The summed E-state index contributed by atoms with van der Waals surface area (Å²) in [5, 5.41) is 3.13. The van der Waals surface area contributed by atoms with E-state index in [4.69, 9.17) is 11.6 Å². The van der Waals surface area contributed by atoms with E-state index >= 15 is 0 Å². The molecule has 0 aliphatic heterocycles. The van der Waals surface area contributed by atoms with Crippen LogP contribution >= 0.6 is 11.6 Å². The molecule has 1 N–H and O–H groups in total. The van der Waals surface area contributed by atoms with Gasteiger partial charge in [0.1, 0.15) is 5.82 Å². The molecule has 0 fully saturated rings. The Hall–Kier alpha value is -2.73. The van der Waals surface area contributed by atoms with Crippen molar-refractivity contribution in [2.24, 2.45) is 0 Å². The van der Waals surface area contributed by atoms with E-state index in [-0.39, 0.29) is 5.91 Å². The number of rotatable bonds is 3. The molecule has 0 saturated heterocycles. The van der Waals surface area contributed by atoms with Crippen LogP contribution in [0.2, 0.25) is 5.02 Å². The Labute approximate surface area is 144 Å². The molecule has 1 amide bonds. The first-order valence-electron chi connectivity index (χ1n) is 7.38. The molecule has 0 radical (unpaired) electrons. The second-order valence-electron chi connectivity index (χ2n) is 5.37. The first kappa shape index (κ1) is 16.1. The number of nitrogens with zero attached hydrogens (tertiary/aromatic N) is 4. The third kappa shape index (κ3) is 3.00. The number of halogens is 1. The van der Waals surface area contributed by atoms with Gasteiger partial charge in [0.2, 0.25) is 5.95 Å². The number of aromatic nitrogens is 4. The first-order valence-corrected chi connectivity index (χ1v) is 7.76. The summed E-state index contributed by atoms with van der Waals surface area (Å²) in [6.07, 6.45) is 3.12. The molecule has 0 unspecified atom stereocenters. The van der Waals surface area contributed by atoms with E-state index < -0.39 is 0 Å². The third-order valence-electron chi connectivity index (χ3n) is 3.73. The van der Waals surface area contributed by atoms with E-state index in [0.29, 0.717) is 22.2 Å². The highest BCUT2D eigenvalue weighted by molar-refractivity contribution is 6.34. The largest absolute Gasteiger partial charge is 0.319 e. The van der Waals surface area contributed by atoms with Crippen LogP contribution in [0.1, 0.15) is 27.6 Å². The Morgan fingerprint density at radius 3 is 2.38 bits per heavy atom. The molecule has 0 spiro atoms. The SMILES string of the molecule is Cc1nc(C)n(-c2ncc(NC(=O)c3ccccc3Cl)cn2)c1C. The van der Waals surface area contributed by atoms with Crippen molar-refractivity contribution in [1.82, 2.24) is 19.5 Å². The smallest absolute Gasteiger partial charge is 0.257 e. The predicted molar refractivity (Wildman–Crippen MR) is 92.8 cm³/mol. The van der Waals surface area contributed by atoms with Crippen molar-refractivity contribution in [2.45, 2.75) is 20.8 Å². The Kier molecular flexibility index (Phi) is 4.31. The number of anilines is 1. The zero-order valence-electron chi connectivity index (χ0n) is 13.5. The van der Waals surface area contributed by atoms with Gasteiger partial charge in [-0.15, -0.1) is 0 Å². The van der Waals surface area contributed by atoms with Crippen LogP contribution in [0.5, 0.6) is 0 Å². The van der Waals surface area contributed by atoms with Gasteiger partial charge in [-0.25, -0.2) is 15.0 Å². The van der Waals surface area contributed by atoms with Gasteiger partial charge >= 0.3 is 0 Å². The average molecular weight is 342 g/mol. The van der Waals surface area contributed by atoms with E-state index in [2.05, 4.69) is 20.3 Å². The Morgan fingerprint density at radius 1 is 1.12 bits per heavy atom. The van der Waals surface area contributed by atoms with Crippen LogP contribution < -0.4 is 5.32 Å². The topological polar surface area (TPSA) is 72.7 Å². The van der Waals surface area contributed by atoms with Gasteiger partial charge in [-0.3, -0.25) is 9.36 Å². The summed E-state index contributed by atoms with van der Waals surface area (Å²) in [4.78, 5) is 25.3. The lowest BCUT2D eigenvalue weighted by molar-refractivity contribution is 0.102. The predicted octanol–water partition coefficient (Wildman–Crippen LogP) is 3.49. The molecule has 3 rings (SSSR count). The number of carbonyl (C=O) groups excluding carboxylic acids is 1. The van der Waals surface area contributed by atoms with Crippen LogP contribution in [-0.2, 0) is 0 Å². The molecule has 0 saturated carbocycles. The maximum Gasteiger partial charge on any atom is 0.257 e. The summed E-state index contributed by atoms with van der Waals surface area (Å²) < 4.78 is 1.87. The number of carbonyl (C=O) groups is 1. The molecule has 3 aromatic rings. The quantitative estimate of drug-likeness (QED) is 0.791. The summed E-state index contributed by atoms with van der Waals surface area (Å²) in [5.74, 6) is 1.03. The monoisotopic (exact) mass is 341 g/mol. The number of nitrogens with one attached hydrogen (secondary N) is 1. The van der Waals surface area contributed by atoms with Crippen molar-refractivity contribution >= 4 is 23.2 Å². The van der Waals surface area contributed by atoms with Gasteiger partial charge in [-0.05, 0) is 32.9 Å². The highest BCUT2D eigenvalue weighted by Crippen LogP contribution is 2.18. The zero-order valence-corrected chi connectivity index (χ0v) is 14.3. The molecule has 1 aromatic carbocycles. The molecule has 122 valence electrons. The fourth-order valence-corrected chi connectivity index (χ4v) is 2.64. The summed E-state index contributed by atoms with van der Waals surface area (Å²) in [5.41, 5.74) is 2.82. The van der Waals surface area contributed by atoms with Crippen molar-refractivity contribution in [1.29, 1.82) is 0 Å². The second-order valence-corrected chi connectivity index (χ2v) is 5.78. The van der Waals surface area contributed by atoms with Crippen LogP contribution in [0, 0.1) is 20.8 Å². The van der Waals surface area contributed by atoms with Gasteiger partial charge in [0.25, 0.3) is 5.91 Å². The van der Waals surface area contributed by atoms with Crippen molar-refractivity contribution in [3.8, 4) is 5.95 Å². The lowest BCUT2D eigenvalue weighted by atomic mass is 10.2. The fraction of sp³-hybridized carbons (Fsp3) is 0.176. The molecule has 0 aliphatic carbocycles. The number of benzene rings is 1. The molecule has 24 heavy (non-hydrogen) atoms. The van der Waals surface area contributed by atoms with E-state index in [0.717, 1.165) is 17.2 Å². The van der Waals surface area contributed by atoms with Crippen LogP contribution in [0.3, 0.4) is 0 Å². The van der Waals surface area contributed by atoms with Crippen LogP contribution in [-0.4, -0.2) is 25.4 Å². The molecule has 0 atom stereocenters. The lowest BCUT2D eigenvalue weighted by Gasteiger charge is -2.08. The summed E-state index contributed by atoms with van der Waals surface area (Å²) in [6.45, 7) is 5.80. The number of hydrogen-bond donors (Lipinski definition) is 1. The molecule has 7 heteroatoms. The van der Waals surface area contributed by atoms with Crippen molar-refractivity contribution in [3.05, 3.63) is 64.5 Å². The molecule has 0 aliphatic rings. The van der Waals surface area contributed by atoms with Gasteiger partial charge in [0.05, 0.1) is 34.4 Å². The lowest BCUT2D eigenvalue weighted by Crippen LogP contribution is -2.13. The average Bonchev–Trinajstić information content (AvgIpc) is 2.81. The first-order chi connectivity index (χ1) is 11.5. The van der Waals surface area contributed by atoms with Crippen LogP contribution in [0.4, 0.5) is 5.69 Å². The maximum absolute atomic E-state index is 12.2. The highest BCUT2D eigenvalue weighted by atomic mass is 35.5. The fourth-order valence-electron chi connectivity index (χ4n) is 2.42.